The summed E-state index contributed by atoms with van der Waals surface area (Å²) in [5, 5.41) is 13.1. The Kier molecular flexibility index (Phi) is 5.57. The average molecular weight is 304 g/mol. The van der Waals surface area contributed by atoms with Gasteiger partial charge in [-0.15, -0.1) is 0 Å². The minimum atomic E-state index is -4.49. The first-order chi connectivity index (χ1) is 9.71. The molecule has 0 fully saturated rings. The van der Waals surface area contributed by atoms with Gasteiger partial charge in [0.2, 0.25) is 0 Å². The summed E-state index contributed by atoms with van der Waals surface area (Å²) in [6.45, 7) is 1.39. The number of alkyl halides is 3. The van der Waals surface area contributed by atoms with Crippen molar-refractivity contribution in [2.45, 2.75) is 25.9 Å². The van der Waals surface area contributed by atoms with Crippen LogP contribution in [0, 0.1) is 6.92 Å². The van der Waals surface area contributed by atoms with Gasteiger partial charge in [-0.1, -0.05) is 6.07 Å². The predicted molar refractivity (Wildman–Crippen MR) is 70.1 cm³/mol. The molecule has 3 N–H and O–H groups in total. The largest absolute Gasteiger partial charge is 0.481 e. The molecule has 0 spiro atoms. The molecule has 2 amide bonds. The van der Waals surface area contributed by atoms with Crippen molar-refractivity contribution in [1.82, 2.24) is 5.32 Å². The van der Waals surface area contributed by atoms with Crippen LogP contribution in [0.2, 0.25) is 0 Å². The van der Waals surface area contributed by atoms with Crippen LogP contribution in [-0.4, -0.2) is 23.7 Å². The Morgan fingerprint density at radius 1 is 1.29 bits per heavy atom. The van der Waals surface area contributed by atoms with Crippen LogP contribution < -0.4 is 10.6 Å². The zero-order valence-corrected chi connectivity index (χ0v) is 11.3. The highest BCUT2D eigenvalue weighted by molar-refractivity contribution is 5.90. The summed E-state index contributed by atoms with van der Waals surface area (Å²) in [5.41, 5.74) is -0.836. The van der Waals surface area contributed by atoms with Crippen molar-refractivity contribution in [3.63, 3.8) is 0 Å². The van der Waals surface area contributed by atoms with Crippen molar-refractivity contribution in [2.75, 3.05) is 11.9 Å². The molecule has 0 saturated heterocycles. The lowest BCUT2D eigenvalue weighted by Gasteiger charge is -2.14. The molecular weight excluding hydrogens is 289 g/mol. The van der Waals surface area contributed by atoms with E-state index in [0.717, 1.165) is 6.07 Å². The van der Waals surface area contributed by atoms with Gasteiger partial charge in [0.1, 0.15) is 0 Å². The molecule has 21 heavy (non-hydrogen) atoms. The summed E-state index contributed by atoms with van der Waals surface area (Å²) in [5.74, 6) is -0.981. The van der Waals surface area contributed by atoms with Gasteiger partial charge in [-0.2, -0.15) is 13.2 Å². The molecule has 5 nitrogen and oxygen atoms in total. The maximum atomic E-state index is 12.7. The molecule has 0 aliphatic carbocycles. The molecular formula is C13H15F3N2O3. The lowest BCUT2D eigenvalue weighted by atomic mass is 10.1. The van der Waals surface area contributed by atoms with E-state index in [4.69, 9.17) is 5.11 Å². The van der Waals surface area contributed by atoms with Gasteiger partial charge in [0.25, 0.3) is 0 Å². The minimum absolute atomic E-state index is 0.0561. The number of aliphatic carboxylic acids is 1. The van der Waals surface area contributed by atoms with Crippen LogP contribution in [0.3, 0.4) is 0 Å². The smallest absolute Gasteiger partial charge is 0.416 e. The molecule has 1 aromatic carbocycles. The van der Waals surface area contributed by atoms with Crippen molar-refractivity contribution in [2.24, 2.45) is 0 Å². The van der Waals surface area contributed by atoms with E-state index >= 15 is 0 Å². The van der Waals surface area contributed by atoms with Gasteiger partial charge >= 0.3 is 18.2 Å². The van der Waals surface area contributed by atoms with Crippen LogP contribution in [0.1, 0.15) is 24.0 Å². The topological polar surface area (TPSA) is 78.4 Å². The number of amides is 2. The molecule has 0 aliphatic heterocycles. The van der Waals surface area contributed by atoms with Gasteiger partial charge in [-0.3, -0.25) is 4.79 Å². The number of carboxylic acids is 1. The molecule has 0 unspecified atom stereocenters. The number of hydrogen-bond acceptors (Lipinski definition) is 2. The number of benzene rings is 1. The first kappa shape index (κ1) is 16.8. The van der Waals surface area contributed by atoms with E-state index in [9.17, 15) is 22.8 Å². The molecule has 0 atom stereocenters. The van der Waals surface area contributed by atoms with E-state index in [2.05, 4.69) is 10.6 Å². The second-order valence-corrected chi connectivity index (χ2v) is 4.35. The zero-order valence-electron chi connectivity index (χ0n) is 11.3. The lowest BCUT2D eigenvalue weighted by molar-refractivity contribution is -0.138. The maximum absolute atomic E-state index is 12.7. The standard InChI is InChI=1S/C13H15F3N2O3/c1-8-9(13(14,15)16)4-2-5-10(8)18-12(21)17-7-3-6-11(19)20/h2,4-5H,3,6-7H2,1H3,(H,19,20)(H2,17,18,21). The normalized spacial score (nSPS) is 11.0. The van der Waals surface area contributed by atoms with E-state index in [1.165, 1.54) is 19.1 Å². The highest BCUT2D eigenvalue weighted by atomic mass is 19.4. The first-order valence-corrected chi connectivity index (χ1v) is 6.15. The van der Waals surface area contributed by atoms with Crippen molar-refractivity contribution in [1.29, 1.82) is 0 Å². The Balaban J connectivity index is 2.63. The van der Waals surface area contributed by atoms with Crippen molar-refractivity contribution in [3.05, 3.63) is 29.3 Å². The lowest BCUT2D eigenvalue weighted by Crippen LogP contribution is -2.30. The van der Waals surface area contributed by atoms with Crippen LogP contribution >= 0.6 is 0 Å². The van der Waals surface area contributed by atoms with Gasteiger partial charge < -0.3 is 15.7 Å². The number of rotatable bonds is 5. The molecule has 8 heteroatoms. The fraction of sp³-hybridized carbons (Fsp3) is 0.385. The van der Waals surface area contributed by atoms with E-state index in [0.29, 0.717) is 0 Å². The molecule has 0 saturated carbocycles. The number of carbonyl (C=O) groups is 2. The van der Waals surface area contributed by atoms with Crippen molar-refractivity contribution < 1.29 is 27.9 Å². The van der Waals surface area contributed by atoms with Crippen LogP contribution in [-0.2, 0) is 11.0 Å². The number of hydrogen-bond donors (Lipinski definition) is 3. The maximum Gasteiger partial charge on any atom is 0.416 e. The monoisotopic (exact) mass is 304 g/mol. The van der Waals surface area contributed by atoms with Crippen LogP contribution in [0.5, 0.6) is 0 Å². The molecule has 0 heterocycles. The highest BCUT2D eigenvalue weighted by Gasteiger charge is 2.32. The number of carbonyl (C=O) groups excluding carboxylic acids is 1. The molecule has 0 radical (unpaired) electrons. The molecule has 0 aliphatic rings. The summed E-state index contributed by atoms with van der Waals surface area (Å²) in [4.78, 5) is 21.8. The molecule has 1 rings (SSSR count). The van der Waals surface area contributed by atoms with Crippen molar-refractivity contribution in [3.8, 4) is 0 Å². The Bertz CT molecular complexity index is 530. The number of halogens is 3. The second kappa shape index (κ2) is 6.96. The van der Waals surface area contributed by atoms with Gasteiger partial charge in [0.05, 0.1) is 5.56 Å². The Morgan fingerprint density at radius 3 is 2.52 bits per heavy atom. The minimum Gasteiger partial charge on any atom is -0.481 e. The number of anilines is 1. The molecule has 0 aromatic heterocycles. The first-order valence-electron chi connectivity index (χ1n) is 6.15. The molecule has 0 bridgehead atoms. The van der Waals surface area contributed by atoms with Crippen LogP contribution in [0.4, 0.5) is 23.7 Å². The van der Waals surface area contributed by atoms with Crippen LogP contribution in [0.25, 0.3) is 0 Å². The predicted octanol–water partition coefficient (Wildman–Crippen LogP) is 3.00. The SMILES string of the molecule is Cc1c(NC(=O)NCCCC(=O)O)cccc1C(F)(F)F. The third-order valence-electron chi connectivity index (χ3n) is 2.74. The second-order valence-electron chi connectivity index (χ2n) is 4.35. The third kappa shape index (κ3) is 5.33. The van der Waals surface area contributed by atoms with Gasteiger partial charge in [0.15, 0.2) is 0 Å². The van der Waals surface area contributed by atoms with E-state index < -0.39 is 23.7 Å². The summed E-state index contributed by atoms with van der Waals surface area (Å²) >= 11 is 0. The Labute approximate surface area is 119 Å². The fourth-order valence-corrected chi connectivity index (χ4v) is 1.69. The fourth-order valence-electron chi connectivity index (χ4n) is 1.69. The summed E-state index contributed by atoms with van der Waals surface area (Å²) in [6, 6.07) is 2.82. The Morgan fingerprint density at radius 2 is 1.95 bits per heavy atom. The zero-order chi connectivity index (χ0) is 16.0. The molecule has 116 valence electrons. The van der Waals surface area contributed by atoms with Crippen molar-refractivity contribution >= 4 is 17.7 Å². The third-order valence-corrected chi connectivity index (χ3v) is 2.74. The van der Waals surface area contributed by atoms with Crippen LogP contribution in [0.15, 0.2) is 18.2 Å². The summed E-state index contributed by atoms with van der Waals surface area (Å²) in [7, 11) is 0. The number of carboxylic acid groups (broad SMARTS) is 1. The summed E-state index contributed by atoms with van der Waals surface area (Å²) in [6.07, 6.45) is -4.34. The van der Waals surface area contributed by atoms with E-state index in [-0.39, 0.29) is 30.6 Å². The molecule has 1 aromatic rings. The van der Waals surface area contributed by atoms with Gasteiger partial charge in [-0.25, -0.2) is 4.79 Å². The highest BCUT2D eigenvalue weighted by Crippen LogP contribution is 2.34. The van der Waals surface area contributed by atoms with Gasteiger partial charge in [-0.05, 0) is 31.0 Å². The van der Waals surface area contributed by atoms with E-state index in [1.807, 2.05) is 0 Å². The number of urea groups is 1. The van der Waals surface area contributed by atoms with E-state index in [1.54, 1.807) is 0 Å². The summed E-state index contributed by atoms with van der Waals surface area (Å²) < 4.78 is 38.1. The Hall–Kier alpha value is -2.25. The average Bonchev–Trinajstić information content (AvgIpc) is 2.35. The number of nitrogens with one attached hydrogen (secondary N) is 2. The quantitative estimate of drug-likeness (QED) is 0.732. The van der Waals surface area contributed by atoms with Gasteiger partial charge in [0, 0.05) is 18.7 Å².